The zero-order valence-corrected chi connectivity index (χ0v) is 9.36. The number of H-pyrrole nitrogens is 1. The van der Waals surface area contributed by atoms with Crippen molar-refractivity contribution in [3.05, 3.63) is 35.0 Å². The topological polar surface area (TPSA) is 79.1 Å². The van der Waals surface area contributed by atoms with Crippen molar-refractivity contribution in [3.8, 4) is 0 Å². The van der Waals surface area contributed by atoms with Gasteiger partial charge in [-0.3, -0.25) is 0 Å². The molecule has 4 heteroatoms. The Balaban J connectivity index is 2.21. The first-order valence-electron chi connectivity index (χ1n) is 5.77. The standard InChI is InChI=1S/C13H14N2O2/c14-8-2-4-12-10(6-8)9-5-7(13(16)17)1-3-11(9)15-12/h1,3,5,8,15H,2,4,6,14H2,(H,16,17)/t8-/m1/s1. The fourth-order valence-corrected chi connectivity index (χ4v) is 2.58. The zero-order valence-electron chi connectivity index (χ0n) is 9.36. The first kappa shape index (κ1) is 10.4. The second-order valence-corrected chi connectivity index (χ2v) is 4.65. The Morgan fingerprint density at radius 3 is 3.06 bits per heavy atom. The number of aromatic carboxylic acids is 1. The van der Waals surface area contributed by atoms with Crippen molar-refractivity contribution >= 4 is 16.9 Å². The van der Waals surface area contributed by atoms with Crippen LogP contribution in [0.5, 0.6) is 0 Å². The summed E-state index contributed by atoms with van der Waals surface area (Å²) in [5, 5.41) is 10.0. The van der Waals surface area contributed by atoms with E-state index in [0.29, 0.717) is 5.56 Å². The molecular weight excluding hydrogens is 216 g/mol. The van der Waals surface area contributed by atoms with Crippen LogP contribution in [0.1, 0.15) is 28.0 Å². The number of aryl methyl sites for hydroxylation is 1. The molecule has 0 aliphatic heterocycles. The van der Waals surface area contributed by atoms with Gasteiger partial charge in [-0.15, -0.1) is 0 Å². The molecule has 4 N–H and O–H groups in total. The third-order valence-corrected chi connectivity index (χ3v) is 3.47. The van der Waals surface area contributed by atoms with Gasteiger partial charge in [-0.05, 0) is 43.0 Å². The number of nitrogens with one attached hydrogen (secondary N) is 1. The van der Waals surface area contributed by atoms with Crippen LogP contribution < -0.4 is 5.73 Å². The maximum Gasteiger partial charge on any atom is 0.335 e. The van der Waals surface area contributed by atoms with E-state index in [9.17, 15) is 4.79 Å². The van der Waals surface area contributed by atoms with Gasteiger partial charge >= 0.3 is 5.97 Å². The second kappa shape index (κ2) is 3.60. The Kier molecular flexibility index (Phi) is 2.19. The van der Waals surface area contributed by atoms with Gasteiger partial charge in [-0.25, -0.2) is 4.79 Å². The lowest BCUT2D eigenvalue weighted by atomic mass is 9.92. The first-order valence-corrected chi connectivity index (χ1v) is 5.77. The summed E-state index contributed by atoms with van der Waals surface area (Å²) in [6.45, 7) is 0. The van der Waals surface area contributed by atoms with Crippen LogP contribution in [0.2, 0.25) is 0 Å². The van der Waals surface area contributed by atoms with E-state index >= 15 is 0 Å². The van der Waals surface area contributed by atoms with E-state index in [0.717, 1.165) is 30.2 Å². The number of aromatic nitrogens is 1. The molecule has 1 aliphatic rings. The van der Waals surface area contributed by atoms with Crippen molar-refractivity contribution in [1.82, 2.24) is 4.98 Å². The van der Waals surface area contributed by atoms with E-state index in [-0.39, 0.29) is 6.04 Å². The minimum absolute atomic E-state index is 0.190. The molecular formula is C13H14N2O2. The molecule has 0 spiro atoms. The summed E-state index contributed by atoms with van der Waals surface area (Å²) >= 11 is 0. The number of nitrogens with two attached hydrogens (primary N) is 1. The van der Waals surface area contributed by atoms with Crippen LogP contribution in [0.15, 0.2) is 18.2 Å². The van der Waals surface area contributed by atoms with Gasteiger partial charge in [-0.2, -0.15) is 0 Å². The molecule has 3 rings (SSSR count). The normalized spacial score (nSPS) is 19.2. The summed E-state index contributed by atoms with van der Waals surface area (Å²) in [5.41, 5.74) is 9.72. The molecule has 2 aromatic rings. The van der Waals surface area contributed by atoms with Crippen molar-refractivity contribution in [3.63, 3.8) is 0 Å². The van der Waals surface area contributed by atoms with Gasteiger partial charge in [-0.1, -0.05) is 0 Å². The van der Waals surface area contributed by atoms with E-state index in [4.69, 9.17) is 10.8 Å². The largest absolute Gasteiger partial charge is 0.478 e. The molecule has 1 aromatic carbocycles. The van der Waals surface area contributed by atoms with E-state index in [2.05, 4.69) is 4.98 Å². The zero-order chi connectivity index (χ0) is 12.0. The third kappa shape index (κ3) is 1.61. The molecule has 0 amide bonds. The lowest BCUT2D eigenvalue weighted by Crippen LogP contribution is -2.27. The maximum atomic E-state index is 11.0. The van der Waals surface area contributed by atoms with Gasteiger partial charge in [0.25, 0.3) is 0 Å². The molecule has 1 aliphatic carbocycles. The summed E-state index contributed by atoms with van der Waals surface area (Å²) in [6, 6.07) is 5.40. The van der Waals surface area contributed by atoms with E-state index in [1.807, 2.05) is 6.07 Å². The number of carboxylic acids is 1. The fourth-order valence-electron chi connectivity index (χ4n) is 2.58. The molecule has 88 valence electrons. The average Bonchev–Trinajstić information content (AvgIpc) is 2.66. The van der Waals surface area contributed by atoms with Crippen molar-refractivity contribution in [1.29, 1.82) is 0 Å². The number of hydrogen-bond acceptors (Lipinski definition) is 2. The van der Waals surface area contributed by atoms with Crippen LogP contribution in [-0.2, 0) is 12.8 Å². The lowest BCUT2D eigenvalue weighted by Gasteiger charge is -2.18. The Hall–Kier alpha value is -1.81. The highest BCUT2D eigenvalue weighted by Crippen LogP contribution is 2.29. The molecule has 0 saturated carbocycles. The SMILES string of the molecule is N[C@@H]1CCc2[nH]c3ccc(C(=O)O)cc3c2C1. The van der Waals surface area contributed by atoms with E-state index in [1.165, 1.54) is 11.3 Å². The molecule has 0 bridgehead atoms. The van der Waals surface area contributed by atoms with Crippen LogP contribution in [-0.4, -0.2) is 22.1 Å². The summed E-state index contributed by atoms with van der Waals surface area (Å²) < 4.78 is 0. The number of carbonyl (C=O) groups is 1. The fraction of sp³-hybridized carbons (Fsp3) is 0.308. The quantitative estimate of drug-likeness (QED) is 0.697. The van der Waals surface area contributed by atoms with Crippen molar-refractivity contribution in [2.24, 2.45) is 5.73 Å². The minimum Gasteiger partial charge on any atom is -0.478 e. The van der Waals surface area contributed by atoms with Crippen molar-refractivity contribution < 1.29 is 9.90 Å². The number of aromatic amines is 1. The Bertz CT molecular complexity index is 601. The van der Waals surface area contributed by atoms with Gasteiger partial charge < -0.3 is 15.8 Å². The van der Waals surface area contributed by atoms with Crippen molar-refractivity contribution in [2.45, 2.75) is 25.3 Å². The highest BCUT2D eigenvalue weighted by Gasteiger charge is 2.20. The Labute approximate surface area is 98.4 Å². The number of carboxylic acid groups (broad SMARTS) is 1. The van der Waals surface area contributed by atoms with Crippen LogP contribution in [0, 0.1) is 0 Å². The number of fused-ring (bicyclic) bond motifs is 3. The molecule has 1 aromatic heterocycles. The predicted molar refractivity (Wildman–Crippen MR) is 65.3 cm³/mol. The van der Waals surface area contributed by atoms with Gasteiger partial charge in [0.2, 0.25) is 0 Å². The molecule has 1 heterocycles. The van der Waals surface area contributed by atoms with Crippen LogP contribution in [0.25, 0.3) is 10.9 Å². The molecule has 4 nitrogen and oxygen atoms in total. The molecule has 0 fully saturated rings. The Morgan fingerprint density at radius 2 is 2.29 bits per heavy atom. The molecule has 17 heavy (non-hydrogen) atoms. The summed E-state index contributed by atoms with van der Waals surface area (Å²) in [7, 11) is 0. The highest BCUT2D eigenvalue weighted by molar-refractivity contribution is 5.95. The summed E-state index contributed by atoms with van der Waals surface area (Å²) in [5.74, 6) is -0.887. The smallest absolute Gasteiger partial charge is 0.335 e. The number of hydrogen-bond donors (Lipinski definition) is 3. The highest BCUT2D eigenvalue weighted by atomic mass is 16.4. The number of rotatable bonds is 1. The molecule has 0 unspecified atom stereocenters. The minimum atomic E-state index is -0.887. The maximum absolute atomic E-state index is 11.0. The number of benzene rings is 1. The van der Waals surface area contributed by atoms with E-state index < -0.39 is 5.97 Å². The van der Waals surface area contributed by atoms with Crippen LogP contribution in [0.3, 0.4) is 0 Å². The first-order chi connectivity index (χ1) is 8.15. The van der Waals surface area contributed by atoms with Crippen molar-refractivity contribution in [2.75, 3.05) is 0 Å². The predicted octanol–water partition coefficient (Wildman–Crippen LogP) is 1.68. The lowest BCUT2D eigenvalue weighted by molar-refractivity contribution is 0.0697. The monoisotopic (exact) mass is 230 g/mol. The Morgan fingerprint density at radius 1 is 1.47 bits per heavy atom. The van der Waals surface area contributed by atoms with Gasteiger partial charge in [0, 0.05) is 22.6 Å². The van der Waals surface area contributed by atoms with Crippen LogP contribution >= 0.6 is 0 Å². The van der Waals surface area contributed by atoms with Gasteiger partial charge in [0.05, 0.1) is 5.56 Å². The van der Waals surface area contributed by atoms with E-state index in [1.54, 1.807) is 12.1 Å². The summed E-state index contributed by atoms with van der Waals surface area (Å²) in [6.07, 6.45) is 2.78. The third-order valence-electron chi connectivity index (χ3n) is 3.47. The average molecular weight is 230 g/mol. The van der Waals surface area contributed by atoms with Gasteiger partial charge in [0.1, 0.15) is 0 Å². The second-order valence-electron chi connectivity index (χ2n) is 4.65. The molecule has 0 radical (unpaired) electrons. The van der Waals surface area contributed by atoms with Gasteiger partial charge in [0.15, 0.2) is 0 Å². The molecule has 0 saturated heterocycles. The summed E-state index contributed by atoms with van der Waals surface area (Å²) in [4.78, 5) is 14.3. The molecule has 1 atom stereocenters. The van der Waals surface area contributed by atoms with Crippen LogP contribution in [0.4, 0.5) is 0 Å².